The van der Waals surface area contributed by atoms with Crippen LogP contribution in [0.5, 0.6) is 5.75 Å². The van der Waals surface area contributed by atoms with Gasteiger partial charge in [0.15, 0.2) is 0 Å². The van der Waals surface area contributed by atoms with E-state index in [-0.39, 0.29) is 5.75 Å². The van der Waals surface area contributed by atoms with Gasteiger partial charge in [0.2, 0.25) is 0 Å². The number of rotatable bonds is 3. The van der Waals surface area contributed by atoms with E-state index < -0.39 is 6.10 Å². The molecule has 1 rings (SSSR count). The van der Waals surface area contributed by atoms with Crippen molar-refractivity contribution in [3.05, 3.63) is 28.3 Å². The van der Waals surface area contributed by atoms with Crippen molar-refractivity contribution in [2.45, 2.75) is 13.0 Å². The van der Waals surface area contributed by atoms with Crippen LogP contribution in [0.3, 0.4) is 0 Å². The zero-order chi connectivity index (χ0) is 10.7. The Kier molecular flexibility index (Phi) is 3.75. The van der Waals surface area contributed by atoms with Crippen LogP contribution in [-0.2, 0) is 0 Å². The summed E-state index contributed by atoms with van der Waals surface area (Å²) in [7, 11) is 1.76. The summed E-state index contributed by atoms with van der Waals surface area (Å²) in [6, 6.07) is 3.14. The summed E-state index contributed by atoms with van der Waals surface area (Å²) in [5.41, 5.74) is 1.57. The number of hydrogen-bond acceptors (Lipinski definition) is 3. The van der Waals surface area contributed by atoms with Gasteiger partial charge in [-0.05, 0) is 37.2 Å². The molecule has 0 aliphatic heterocycles. The first-order chi connectivity index (χ1) is 6.56. The first kappa shape index (κ1) is 11.3. The van der Waals surface area contributed by atoms with Crippen molar-refractivity contribution >= 4 is 11.6 Å². The van der Waals surface area contributed by atoms with Crippen LogP contribution in [0, 0.1) is 6.92 Å². The highest BCUT2D eigenvalue weighted by Crippen LogP contribution is 2.29. The third-order valence-electron chi connectivity index (χ3n) is 2.09. The Labute approximate surface area is 88.3 Å². The minimum absolute atomic E-state index is 0.00224. The molecule has 1 aromatic carbocycles. The van der Waals surface area contributed by atoms with Crippen molar-refractivity contribution in [3.63, 3.8) is 0 Å². The number of aryl methyl sites for hydroxylation is 1. The predicted octanol–water partition coefficient (Wildman–Crippen LogP) is 1.61. The molecule has 0 fully saturated rings. The summed E-state index contributed by atoms with van der Waals surface area (Å²) in [6.07, 6.45) is -0.622. The fourth-order valence-electron chi connectivity index (χ4n) is 1.34. The number of likely N-dealkylation sites (N-methyl/N-ethyl adjacent to an activating group) is 1. The number of aliphatic hydroxyl groups is 1. The Hall–Kier alpha value is -0.770. The molecule has 0 radical (unpaired) electrons. The lowest BCUT2D eigenvalue weighted by Gasteiger charge is -2.14. The zero-order valence-electron chi connectivity index (χ0n) is 8.21. The summed E-state index contributed by atoms with van der Waals surface area (Å²) >= 11 is 5.72. The van der Waals surface area contributed by atoms with Crippen LogP contribution in [0.15, 0.2) is 12.1 Å². The van der Waals surface area contributed by atoms with Gasteiger partial charge in [-0.3, -0.25) is 0 Å². The van der Waals surface area contributed by atoms with Gasteiger partial charge in [-0.2, -0.15) is 0 Å². The quantitative estimate of drug-likeness (QED) is 0.718. The van der Waals surface area contributed by atoms with Crippen LogP contribution in [0.2, 0.25) is 5.02 Å². The van der Waals surface area contributed by atoms with Crippen LogP contribution in [0.4, 0.5) is 0 Å². The molecule has 0 bridgehead atoms. The molecular formula is C10H14ClNO2. The maximum atomic E-state index is 9.70. The van der Waals surface area contributed by atoms with Gasteiger partial charge >= 0.3 is 0 Å². The Morgan fingerprint density at radius 3 is 2.71 bits per heavy atom. The molecule has 1 unspecified atom stereocenters. The van der Waals surface area contributed by atoms with Crippen LogP contribution >= 0.6 is 11.6 Å². The van der Waals surface area contributed by atoms with E-state index in [1.54, 1.807) is 13.1 Å². The van der Waals surface area contributed by atoms with E-state index in [9.17, 15) is 10.2 Å². The molecular weight excluding hydrogens is 202 g/mol. The van der Waals surface area contributed by atoms with Crippen molar-refractivity contribution in [3.8, 4) is 5.75 Å². The number of aromatic hydroxyl groups is 1. The van der Waals surface area contributed by atoms with E-state index in [0.29, 0.717) is 17.1 Å². The topological polar surface area (TPSA) is 52.5 Å². The first-order valence-corrected chi connectivity index (χ1v) is 4.75. The molecule has 3 nitrogen and oxygen atoms in total. The highest BCUT2D eigenvalue weighted by Gasteiger charge is 2.12. The summed E-state index contributed by atoms with van der Waals surface area (Å²) in [4.78, 5) is 0. The van der Waals surface area contributed by atoms with E-state index in [4.69, 9.17) is 11.6 Å². The molecule has 0 saturated heterocycles. The summed E-state index contributed by atoms with van der Waals surface area (Å²) in [6.45, 7) is 2.29. The molecule has 1 atom stereocenters. The van der Waals surface area contributed by atoms with Gasteiger partial charge in [0.1, 0.15) is 5.75 Å². The number of benzene rings is 1. The Bertz CT molecular complexity index is 328. The molecule has 4 heteroatoms. The lowest BCUT2D eigenvalue weighted by molar-refractivity contribution is 0.176. The van der Waals surface area contributed by atoms with Gasteiger partial charge in [-0.15, -0.1) is 0 Å². The molecule has 0 aliphatic rings. The fraction of sp³-hybridized carbons (Fsp3) is 0.400. The molecule has 14 heavy (non-hydrogen) atoms. The molecule has 78 valence electrons. The smallest absolute Gasteiger partial charge is 0.134 e. The predicted molar refractivity (Wildman–Crippen MR) is 56.7 cm³/mol. The molecule has 0 aromatic heterocycles. The number of nitrogens with one attached hydrogen (secondary N) is 1. The van der Waals surface area contributed by atoms with E-state index >= 15 is 0 Å². The Morgan fingerprint density at radius 1 is 1.50 bits per heavy atom. The van der Waals surface area contributed by atoms with E-state index in [2.05, 4.69) is 5.32 Å². The second kappa shape index (κ2) is 4.64. The normalized spacial score (nSPS) is 12.9. The maximum Gasteiger partial charge on any atom is 0.134 e. The lowest BCUT2D eigenvalue weighted by Crippen LogP contribution is -2.17. The monoisotopic (exact) mass is 215 g/mol. The minimum Gasteiger partial charge on any atom is -0.506 e. The molecule has 1 aromatic rings. The van der Waals surface area contributed by atoms with E-state index in [1.807, 2.05) is 6.92 Å². The van der Waals surface area contributed by atoms with Gasteiger partial charge in [-0.1, -0.05) is 11.6 Å². The van der Waals surface area contributed by atoms with Crippen LogP contribution in [0.25, 0.3) is 0 Å². The highest BCUT2D eigenvalue weighted by atomic mass is 35.5. The molecule has 0 saturated carbocycles. The van der Waals surface area contributed by atoms with Gasteiger partial charge in [-0.25, -0.2) is 0 Å². The zero-order valence-corrected chi connectivity index (χ0v) is 8.97. The summed E-state index contributed by atoms with van der Waals surface area (Å²) in [5.74, 6) is 0.00224. The fourth-order valence-corrected chi connectivity index (χ4v) is 1.56. The number of halogens is 1. The highest BCUT2D eigenvalue weighted by molar-refractivity contribution is 6.32. The van der Waals surface area contributed by atoms with Gasteiger partial charge in [0.05, 0.1) is 11.1 Å². The van der Waals surface area contributed by atoms with Gasteiger partial charge in [0, 0.05) is 6.54 Å². The molecule has 0 aliphatic carbocycles. The second-order valence-electron chi connectivity index (χ2n) is 3.23. The first-order valence-electron chi connectivity index (χ1n) is 4.38. The Balaban J connectivity index is 3.02. The van der Waals surface area contributed by atoms with Crippen molar-refractivity contribution in [1.82, 2.24) is 5.32 Å². The summed E-state index contributed by atoms with van der Waals surface area (Å²) in [5, 5.41) is 22.2. The number of hydrogen-bond donors (Lipinski definition) is 3. The van der Waals surface area contributed by atoms with Crippen LogP contribution in [0.1, 0.15) is 17.2 Å². The van der Waals surface area contributed by atoms with E-state index in [0.717, 1.165) is 5.56 Å². The van der Waals surface area contributed by atoms with Crippen molar-refractivity contribution in [2.75, 3.05) is 13.6 Å². The van der Waals surface area contributed by atoms with E-state index in [1.165, 1.54) is 6.07 Å². The minimum atomic E-state index is -0.622. The standard InChI is InChI=1S/C10H14ClNO2/c1-6-3-8(11)9(13)4-7(6)10(14)5-12-2/h3-4,10,12-14H,5H2,1-2H3. The maximum absolute atomic E-state index is 9.70. The second-order valence-corrected chi connectivity index (χ2v) is 3.64. The molecule has 0 spiro atoms. The molecule has 0 heterocycles. The van der Waals surface area contributed by atoms with Crippen LogP contribution < -0.4 is 5.32 Å². The summed E-state index contributed by atoms with van der Waals surface area (Å²) < 4.78 is 0. The third kappa shape index (κ3) is 2.38. The number of aliphatic hydroxyl groups excluding tert-OH is 1. The van der Waals surface area contributed by atoms with Gasteiger partial charge in [0.25, 0.3) is 0 Å². The van der Waals surface area contributed by atoms with Crippen molar-refractivity contribution in [1.29, 1.82) is 0 Å². The third-order valence-corrected chi connectivity index (χ3v) is 2.39. The van der Waals surface area contributed by atoms with Crippen LogP contribution in [-0.4, -0.2) is 23.8 Å². The lowest BCUT2D eigenvalue weighted by atomic mass is 10.0. The Morgan fingerprint density at radius 2 is 2.14 bits per heavy atom. The van der Waals surface area contributed by atoms with Gasteiger partial charge < -0.3 is 15.5 Å². The number of phenolic OH excluding ortho intramolecular Hbond substituents is 1. The SMILES string of the molecule is CNCC(O)c1cc(O)c(Cl)cc1C. The average Bonchev–Trinajstić information content (AvgIpc) is 2.11. The largest absolute Gasteiger partial charge is 0.506 e. The molecule has 3 N–H and O–H groups in total. The van der Waals surface area contributed by atoms with Crippen molar-refractivity contribution in [2.24, 2.45) is 0 Å². The average molecular weight is 216 g/mol. The number of phenols is 1. The van der Waals surface area contributed by atoms with Crippen molar-refractivity contribution < 1.29 is 10.2 Å². The molecule has 0 amide bonds.